The van der Waals surface area contributed by atoms with E-state index in [1.165, 1.54) is 13.2 Å². The average molecular weight is 303 g/mol. The minimum atomic E-state index is -1.12. The number of aromatic carboxylic acids is 1. The molecule has 0 atom stereocenters. The van der Waals surface area contributed by atoms with Crippen LogP contribution in [0.1, 0.15) is 39.2 Å². The molecule has 2 aromatic rings. The molecule has 1 amide bonds. The Kier molecular flexibility index (Phi) is 4.50. The molecule has 0 spiro atoms. The Labute approximate surface area is 127 Å². The summed E-state index contributed by atoms with van der Waals surface area (Å²) in [5, 5.41) is 11.8. The van der Waals surface area contributed by atoms with Gasteiger partial charge in [0.25, 0.3) is 5.91 Å². The standard InChI is InChI=1S/C16H17NO5/c1-4-12-10(16(19)20)8-14(22-12)15(18)17-11-7-9(2)5-6-13(11)21-3/h5-8H,4H2,1-3H3,(H,17,18)(H,19,20). The van der Waals surface area contributed by atoms with Crippen LogP contribution in [0.15, 0.2) is 28.7 Å². The molecule has 0 fully saturated rings. The van der Waals surface area contributed by atoms with Crippen LogP contribution in [-0.4, -0.2) is 24.1 Å². The lowest BCUT2D eigenvalue weighted by Crippen LogP contribution is -2.12. The second-order valence-corrected chi connectivity index (χ2v) is 4.76. The summed E-state index contributed by atoms with van der Waals surface area (Å²) in [4.78, 5) is 23.4. The van der Waals surface area contributed by atoms with Gasteiger partial charge < -0.3 is 19.6 Å². The molecular formula is C16H17NO5. The van der Waals surface area contributed by atoms with Gasteiger partial charge in [-0.15, -0.1) is 0 Å². The molecule has 116 valence electrons. The highest BCUT2D eigenvalue weighted by Gasteiger charge is 2.20. The van der Waals surface area contributed by atoms with E-state index in [9.17, 15) is 9.59 Å². The third kappa shape index (κ3) is 3.11. The van der Waals surface area contributed by atoms with Crippen molar-refractivity contribution in [2.75, 3.05) is 12.4 Å². The molecule has 0 aliphatic rings. The number of carboxylic acids is 1. The van der Waals surface area contributed by atoms with Gasteiger partial charge in [-0.2, -0.15) is 0 Å². The third-order valence-corrected chi connectivity index (χ3v) is 3.19. The lowest BCUT2D eigenvalue weighted by atomic mass is 10.2. The van der Waals surface area contributed by atoms with Crippen molar-refractivity contribution in [3.05, 3.63) is 46.9 Å². The third-order valence-electron chi connectivity index (χ3n) is 3.19. The zero-order valence-corrected chi connectivity index (χ0v) is 12.6. The molecule has 1 aromatic heterocycles. The van der Waals surface area contributed by atoms with Crippen LogP contribution in [0.2, 0.25) is 0 Å². The van der Waals surface area contributed by atoms with Crippen LogP contribution in [-0.2, 0) is 6.42 Å². The fourth-order valence-corrected chi connectivity index (χ4v) is 2.09. The maximum absolute atomic E-state index is 12.2. The largest absolute Gasteiger partial charge is 0.495 e. The summed E-state index contributed by atoms with van der Waals surface area (Å²) in [5.41, 5.74) is 1.46. The smallest absolute Gasteiger partial charge is 0.339 e. The lowest BCUT2D eigenvalue weighted by molar-refractivity contribution is 0.0694. The summed E-state index contributed by atoms with van der Waals surface area (Å²) >= 11 is 0. The first-order chi connectivity index (χ1) is 10.5. The summed E-state index contributed by atoms with van der Waals surface area (Å²) in [6.45, 7) is 3.65. The molecule has 1 heterocycles. The van der Waals surface area contributed by atoms with Crippen LogP contribution in [0.5, 0.6) is 5.75 Å². The van der Waals surface area contributed by atoms with E-state index in [0.717, 1.165) is 5.56 Å². The minimum Gasteiger partial charge on any atom is -0.495 e. The van der Waals surface area contributed by atoms with Crippen molar-refractivity contribution in [2.24, 2.45) is 0 Å². The number of nitrogens with one attached hydrogen (secondary N) is 1. The Bertz CT molecular complexity index is 717. The highest BCUT2D eigenvalue weighted by atomic mass is 16.5. The molecule has 1 aromatic carbocycles. The van der Waals surface area contributed by atoms with Crippen molar-refractivity contribution < 1.29 is 23.8 Å². The predicted molar refractivity (Wildman–Crippen MR) is 80.7 cm³/mol. The van der Waals surface area contributed by atoms with E-state index >= 15 is 0 Å². The Morgan fingerprint density at radius 1 is 1.32 bits per heavy atom. The predicted octanol–water partition coefficient (Wildman–Crippen LogP) is 3.11. The van der Waals surface area contributed by atoms with E-state index in [2.05, 4.69) is 5.32 Å². The number of furan rings is 1. The number of carbonyl (C=O) groups is 2. The number of carbonyl (C=O) groups excluding carboxylic acids is 1. The Morgan fingerprint density at radius 3 is 2.59 bits per heavy atom. The van der Waals surface area contributed by atoms with Crippen LogP contribution in [0.3, 0.4) is 0 Å². The second kappa shape index (κ2) is 6.34. The average Bonchev–Trinajstić information content (AvgIpc) is 2.92. The van der Waals surface area contributed by atoms with Gasteiger partial charge >= 0.3 is 5.97 Å². The van der Waals surface area contributed by atoms with Gasteiger partial charge in [0.1, 0.15) is 17.1 Å². The van der Waals surface area contributed by atoms with E-state index in [1.54, 1.807) is 19.1 Å². The summed E-state index contributed by atoms with van der Waals surface area (Å²) in [5.74, 6) is -0.898. The van der Waals surface area contributed by atoms with Crippen molar-refractivity contribution in [3.8, 4) is 5.75 Å². The summed E-state index contributed by atoms with van der Waals surface area (Å²) < 4.78 is 10.5. The van der Waals surface area contributed by atoms with Gasteiger partial charge in [0, 0.05) is 12.5 Å². The molecule has 0 aliphatic heterocycles. The van der Waals surface area contributed by atoms with E-state index in [0.29, 0.717) is 17.9 Å². The van der Waals surface area contributed by atoms with E-state index in [-0.39, 0.29) is 17.1 Å². The molecule has 0 saturated heterocycles. The number of amides is 1. The number of hydrogen-bond acceptors (Lipinski definition) is 4. The first-order valence-corrected chi connectivity index (χ1v) is 6.78. The quantitative estimate of drug-likeness (QED) is 0.886. The maximum atomic E-state index is 12.2. The van der Waals surface area contributed by atoms with Crippen LogP contribution in [0.4, 0.5) is 5.69 Å². The summed E-state index contributed by atoms with van der Waals surface area (Å²) in [6, 6.07) is 6.60. The first kappa shape index (κ1) is 15.6. The van der Waals surface area contributed by atoms with Crippen LogP contribution in [0, 0.1) is 6.92 Å². The van der Waals surface area contributed by atoms with E-state index in [4.69, 9.17) is 14.3 Å². The number of carboxylic acid groups (broad SMARTS) is 1. The number of methoxy groups -OCH3 is 1. The van der Waals surface area contributed by atoms with E-state index in [1.807, 2.05) is 13.0 Å². The topological polar surface area (TPSA) is 88.8 Å². The Hall–Kier alpha value is -2.76. The lowest BCUT2D eigenvalue weighted by Gasteiger charge is -2.09. The van der Waals surface area contributed by atoms with E-state index < -0.39 is 11.9 Å². The van der Waals surface area contributed by atoms with Gasteiger partial charge in [-0.25, -0.2) is 4.79 Å². The summed E-state index contributed by atoms with van der Waals surface area (Å²) in [7, 11) is 1.50. The number of ether oxygens (including phenoxy) is 1. The van der Waals surface area contributed by atoms with Crippen molar-refractivity contribution >= 4 is 17.6 Å². The normalized spacial score (nSPS) is 10.3. The maximum Gasteiger partial charge on any atom is 0.339 e. The molecule has 0 bridgehead atoms. The number of benzene rings is 1. The highest BCUT2D eigenvalue weighted by molar-refractivity contribution is 6.04. The molecule has 0 radical (unpaired) electrons. The zero-order chi connectivity index (χ0) is 16.3. The molecule has 22 heavy (non-hydrogen) atoms. The molecule has 2 rings (SSSR count). The van der Waals surface area contributed by atoms with Crippen LogP contribution in [0.25, 0.3) is 0 Å². The highest BCUT2D eigenvalue weighted by Crippen LogP contribution is 2.26. The SMILES string of the molecule is CCc1oc(C(=O)Nc2cc(C)ccc2OC)cc1C(=O)O. The molecule has 0 aliphatic carbocycles. The second-order valence-electron chi connectivity index (χ2n) is 4.76. The Morgan fingerprint density at radius 2 is 2.05 bits per heavy atom. The first-order valence-electron chi connectivity index (χ1n) is 6.78. The van der Waals surface area contributed by atoms with Crippen molar-refractivity contribution in [1.29, 1.82) is 0 Å². The van der Waals surface area contributed by atoms with Crippen molar-refractivity contribution in [3.63, 3.8) is 0 Å². The number of aryl methyl sites for hydroxylation is 2. The molecular weight excluding hydrogens is 286 g/mol. The summed E-state index contributed by atoms with van der Waals surface area (Å²) in [6.07, 6.45) is 0.392. The zero-order valence-electron chi connectivity index (χ0n) is 12.6. The number of anilines is 1. The molecule has 6 nitrogen and oxygen atoms in total. The van der Waals surface area contributed by atoms with Gasteiger partial charge in [-0.05, 0) is 24.6 Å². The number of rotatable bonds is 5. The van der Waals surface area contributed by atoms with Gasteiger partial charge in [0.15, 0.2) is 5.76 Å². The fourth-order valence-electron chi connectivity index (χ4n) is 2.09. The van der Waals surface area contributed by atoms with Gasteiger partial charge in [-0.1, -0.05) is 13.0 Å². The minimum absolute atomic E-state index is 0.00357. The molecule has 0 saturated carbocycles. The van der Waals surface area contributed by atoms with Crippen molar-refractivity contribution in [1.82, 2.24) is 0 Å². The Balaban J connectivity index is 2.30. The molecule has 0 unspecified atom stereocenters. The van der Waals surface area contributed by atoms with Crippen LogP contribution < -0.4 is 10.1 Å². The monoisotopic (exact) mass is 303 g/mol. The number of hydrogen-bond donors (Lipinski definition) is 2. The van der Waals surface area contributed by atoms with Crippen LogP contribution >= 0.6 is 0 Å². The van der Waals surface area contributed by atoms with Crippen molar-refractivity contribution in [2.45, 2.75) is 20.3 Å². The van der Waals surface area contributed by atoms with Gasteiger partial charge in [0.2, 0.25) is 0 Å². The fraction of sp³-hybridized carbons (Fsp3) is 0.250. The van der Waals surface area contributed by atoms with Gasteiger partial charge in [-0.3, -0.25) is 4.79 Å². The molecule has 2 N–H and O–H groups in total. The molecule has 6 heteroatoms. The van der Waals surface area contributed by atoms with Gasteiger partial charge in [0.05, 0.1) is 12.8 Å².